The number of benzene rings is 3. The van der Waals surface area contributed by atoms with Gasteiger partial charge in [0.05, 0.1) is 11.6 Å². The molecule has 1 unspecified atom stereocenters. The van der Waals surface area contributed by atoms with Gasteiger partial charge in [-0.3, -0.25) is 14.5 Å². The molecular weight excluding hydrogens is 410 g/mol. The largest absolute Gasteiger partial charge is 0.350 e. The Hall–Kier alpha value is -4.06. The minimum absolute atomic E-state index is 0.224. The van der Waals surface area contributed by atoms with Crippen LogP contribution in [0.5, 0.6) is 0 Å². The van der Waals surface area contributed by atoms with Crippen molar-refractivity contribution in [1.29, 1.82) is 5.26 Å². The third-order valence-electron chi connectivity index (χ3n) is 4.60. The second-order valence-corrected chi connectivity index (χ2v) is 7.08. The number of nitrogens with one attached hydrogen (secondary N) is 1. The number of anilines is 1. The second-order valence-electron chi connectivity index (χ2n) is 6.64. The molecule has 3 aromatic carbocycles. The van der Waals surface area contributed by atoms with Gasteiger partial charge in [-0.15, -0.1) is 6.42 Å². The number of rotatable bonds is 6. The zero-order chi connectivity index (χ0) is 22.2. The van der Waals surface area contributed by atoms with Crippen LogP contribution in [-0.4, -0.2) is 11.8 Å². The third kappa shape index (κ3) is 5.30. The highest BCUT2D eigenvalue weighted by Gasteiger charge is 2.32. The number of carbonyl (C=O) groups is 2. The Bertz CT molecular complexity index is 1160. The standard InChI is InChI=1S/C25H18ClN3O2/c1-2-23(30)29(22-10-6-9-21(26)15-22)24(20-7-4-3-5-8-20)25(31)28-17-19-13-11-18(16-27)12-14-19/h1,3-15,24H,17H2,(H,28,31). The summed E-state index contributed by atoms with van der Waals surface area (Å²) in [5.74, 6) is 1.04. The highest BCUT2D eigenvalue weighted by molar-refractivity contribution is 6.31. The fourth-order valence-corrected chi connectivity index (χ4v) is 3.30. The first-order valence-electron chi connectivity index (χ1n) is 9.40. The van der Waals surface area contributed by atoms with Crippen LogP contribution in [-0.2, 0) is 16.1 Å². The van der Waals surface area contributed by atoms with Gasteiger partial charge in [0.15, 0.2) is 0 Å². The molecule has 0 aromatic heterocycles. The van der Waals surface area contributed by atoms with Crippen LogP contribution in [0.25, 0.3) is 0 Å². The summed E-state index contributed by atoms with van der Waals surface area (Å²) in [4.78, 5) is 27.3. The fourth-order valence-electron chi connectivity index (χ4n) is 3.12. The zero-order valence-electron chi connectivity index (χ0n) is 16.5. The minimum atomic E-state index is -0.999. The third-order valence-corrected chi connectivity index (χ3v) is 4.84. The molecule has 0 heterocycles. The monoisotopic (exact) mass is 427 g/mol. The van der Waals surface area contributed by atoms with Crippen LogP contribution >= 0.6 is 11.6 Å². The van der Waals surface area contributed by atoms with E-state index in [0.29, 0.717) is 21.8 Å². The predicted octanol–water partition coefficient (Wildman–Crippen LogP) is 4.24. The summed E-state index contributed by atoms with van der Waals surface area (Å²) in [6, 6.07) is 23.5. The first kappa shape index (κ1) is 21.6. The lowest BCUT2D eigenvalue weighted by Gasteiger charge is -2.30. The average Bonchev–Trinajstić information content (AvgIpc) is 2.81. The van der Waals surface area contributed by atoms with Gasteiger partial charge in [0.1, 0.15) is 6.04 Å². The smallest absolute Gasteiger partial charge is 0.303 e. The summed E-state index contributed by atoms with van der Waals surface area (Å²) >= 11 is 6.12. The first-order chi connectivity index (χ1) is 15.0. The minimum Gasteiger partial charge on any atom is -0.350 e. The van der Waals surface area contributed by atoms with Gasteiger partial charge in [-0.2, -0.15) is 5.26 Å². The molecular formula is C25H18ClN3O2. The Balaban J connectivity index is 1.96. The van der Waals surface area contributed by atoms with Crippen molar-refractivity contribution in [2.75, 3.05) is 4.90 Å². The molecule has 1 N–H and O–H groups in total. The van der Waals surface area contributed by atoms with Gasteiger partial charge in [0.25, 0.3) is 0 Å². The molecule has 0 bridgehead atoms. The highest BCUT2D eigenvalue weighted by Crippen LogP contribution is 2.29. The molecule has 3 aromatic rings. The molecule has 31 heavy (non-hydrogen) atoms. The van der Waals surface area contributed by atoms with Gasteiger partial charge < -0.3 is 5.32 Å². The molecule has 0 aliphatic heterocycles. The number of hydrogen-bond acceptors (Lipinski definition) is 3. The number of halogens is 1. The Morgan fingerprint density at radius 2 is 1.74 bits per heavy atom. The molecule has 0 aliphatic rings. The van der Waals surface area contributed by atoms with Gasteiger partial charge in [-0.1, -0.05) is 60.1 Å². The summed E-state index contributed by atoms with van der Waals surface area (Å²) < 4.78 is 0. The Morgan fingerprint density at radius 3 is 2.35 bits per heavy atom. The van der Waals surface area contributed by atoms with Crippen molar-refractivity contribution in [3.63, 3.8) is 0 Å². The van der Waals surface area contributed by atoms with E-state index < -0.39 is 17.9 Å². The fraction of sp³-hybridized carbons (Fsp3) is 0.0800. The van der Waals surface area contributed by atoms with E-state index in [1.165, 1.54) is 4.90 Å². The van der Waals surface area contributed by atoms with Crippen molar-refractivity contribution < 1.29 is 9.59 Å². The normalized spacial score (nSPS) is 10.9. The van der Waals surface area contributed by atoms with E-state index in [0.717, 1.165) is 5.56 Å². The molecule has 5 nitrogen and oxygen atoms in total. The quantitative estimate of drug-likeness (QED) is 0.598. The van der Waals surface area contributed by atoms with Crippen LogP contribution < -0.4 is 10.2 Å². The number of carbonyl (C=O) groups excluding carboxylic acids is 2. The van der Waals surface area contributed by atoms with E-state index in [9.17, 15) is 9.59 Å². The number of nitrogens with zero attached hydrogens (tertiary/aromatic N) is 2. The molecule has 3 rings (SSSR count). The Morgan fingerprint density at radius 1 is 1.03 bits per heavy atom. The van der Waals surface area contributed by atoms with Gasteiger partial charge in [-0.05, 0) is 47.4 Å². The maximum Gasteiger partial charge on any atom is 0.303 e. The van der Waals surface area contributed by atoms with E-state index in [2.05, 4.69) is 17.3 Å². The van der Waals surface area contributed by atoms with Crippen molar-refractivity contribution in [2.45, 2.75) is 12.6 Å². The summed E-state index contributed by atoms with van der Waals surface area (Å²) in [5, 5.41) is 12.2. The Kier molecular flexibility index (Phi) is 7.06. The maximum absolute atomic E-state index is 13.3. The number of amides is 2. The van der Waals surface area contributed by atoms with E-state index in [4.69, 9.17) is 23.3 Å². The van der Waals surface area contributed by atoms with Crippen LogP contribution in [0.2, 0.25) is 5.02 Å². The van der Waals surface area contributed by atoms with E-state index >= 15 is 0 Å². The molecule has 0 spiro atoms. The maximum atomic E-state index is 13.3. The van der Waals surface area contributed by atoms with E-state index in [1.807, 2.05) is 6.07 Å². The summed E-state index contributed by atoms with van der Waals surface area (Å²) in [6.45, 7) is 0.224. The number of terminal acetylenes is 1. The second kappa shape index (κ2) is 10.1. The molecule has 2 amide bonds. The van der Waals surface area contributed by atoms with Gasteiger partial charge >= 0.3 is 5.91 Å². The van der Waals surface area contributed by atoms with Crippen LogP contribution in [0.4, 0.5) is 5.69 Å². The average molecular weight is 428 g/mol. The number of nitriles is 1. The van der Waals surface area contributed by atoms with Crippen molar-refractivity contribution in [3.05, 3.63) is 101 Å². The number of hydrogen-bond donors (Lipinski definition) is 1. The van der Waals surface area contributed by atoms with Crippen molar-refractivity contribution in [3.8, 4) is 18.4 Å². The molecule has 0 radical (unpaired) electrons. The van der Waals surface area contributed by atoms with Gasteiger partial charge in [0.2, 0.25) is 5.91 Å². The summed E-state index contributed by atoms with van der Waals surface area (Å²) in [5.41, 5.74) is 2.36. The van der Waals surface area contributed by atoms with Crippen LogP contribution in [0, 0.1) is 23.7 Å². The summed E-state index contributed by atoms with van der Waals surface area (Å²) in [6.07, 6.45) is 5.42. The Labute approximate surface area is 185 Å². The van der Waals surface area contributed by atoms with E-state index in [1.54, 1.807) is 72.8 Å². The molecule has 6 heteroatoms. The molecule has 0 saturated heterocycles. The van der Waals surface area contributed by atoms with E-state index in [-0.39, 0.29) is 6.54 Å². The van der Waals surface area contributed by atoms with Crippen LogP contribution in [0.15, 0.2) is 78.9 Å². The lowest BCUT2D eigenvalue weighted by atomic mass is 10.0. The van der Waals surface area contributed by atoms with Crippen molar-refractivity contribution >= 4 is 29.1 Å². The zero-order valence-corrected chi connectivity index (χ0v) is 17.2. The molecule has 0 aliphatic carbocycles. The van der Waals surface area contributed by atoms with Crippen molar-refractivity contribution in [2.24, 2.45) is 0 Å². The summed E-state index contributed by atoms with van der Waals surface area (Å²) in [7, 11) is 0. The molecule has 152 valence electrons. The first-order valence-corrected chi connectivity index (χ1v) is 9.78. The lowest BCUT2D eigenvalue weighted by molar-refractivity contribution is -0.125. The van der Waals surface area contributed by atoms with Gasteiger partial charge in [0, 0.05) is 17.3 Å². The molecule has 0 saturated carbocycles. The molecule has 0 fully saturated rings. The van der Waals surface area contributed by atoms with Crippen LogP contribution in [0.3, 0.4) is 0 Å². The topological polar surface area (TPSA) is 73.2 Å². The van der Waals surface area contributed by atoms with Crippen LogP contribution in [0.1, 0.15) is 22.7 Å². The lowest BCUT2D eigenvalue weighted by Crippen LogP contribution is -2.43. The SMILES string of the molecule is C#CC(=O)N(c1cccc(Cl)c1)C(C(=O)NCc1ccc(C#N)cc1)c1ccccc1. The van der Waals surface area contributed by atoms with Gasteiger partial charge in [-0.25, -0.2) is 0 Å². The molecule has 1 atom stereocenters. The predicted molar refractivity (Wildman–Crippen MR) is 120 cm³/mol. The highest BCUT2D eigenvalue weighted by atomic mass is 35.5. The van der Waals surface area contributed by atoms with Crippen molar-refractivity contribution in [1.82, 2.24) is 5.32 Å².